The Morgan fingerprint density at radius 2 is 2.00 bits per heavy atom. The van der Waals surface area contributed by atoms with Crippen molar-refractivity contribution in [2.45, 2.75) is 64.0 Å². The number of amides is 1. The van der Waals surface area contributed by atoms with Crippen molar-refractivity contribution in [2.75, 3.05) is 33.2 Å². The summed E-state index contributed by atoms with van der Waals surface area (Å²) in [5, 5.41) is 3.58. The first-order valence-corrected chi connectivity index (χ1v) is 8.41. The minimum absolute atomic E-state index is 0.0247. The lowest BCUT2D eigenvalue weighted by molar-refractivity contribution is -0.136. The van der Waals surface area contributed by atoms with E-state index in [-0.39, 0.29) is 6.04 Å². The van der Waals surface area contributed by atoms with E-state index >= 15 is 0 Å². The molecule has 20 heavy (non-hydrogen) atoms. The van der Waals surface area contributed by atoms with Crippen molar-refractivity contribution >= 4 is 5.91 Å². The van der Waals surface area contributed by atoms with Crippen molar-refractivity contribution in [3.05, 3.63) is 0 Å². The van der Waals surface area contributed by atoms with Crippen LogP contribution in [0.2, 0.25) is 0 Å². The number of rotatable bonds is 5. The summed E-state index contributed by atoms with van der Waals surface area (Å²) in [6.45, 7) is 6.16. The molecule has 2 fully saturated rings. The number of nitrogens with one attached hydrogen (secondary N) is 1. The van der Waals surface area contributed by atoms with Crippen molar-refractivity contribution in [1.82, 2.24) is 15.1 Å². The summed E-state index contributed by atoms with van der Waals surface area (Å²) in [4.78, 5) is 16.7. The normalized spacial score (nSPS) is 25.8. The number of likely N-dealkylation sites (tertiary alicyclic amines) is 1. The molecule has 0 aromatic heterocycles. The standard InChI is InChI=1S/C16H31N3O/c1-14(16(20)19-11-6-3-7-12-19)18(2)13-9-15-8-4-5-10-17-15/h14-15,17H,3-13H2,1-2H3. The van der Waals surface area contributed by atoms with Crippen LogP contribution >= 0.6 is 0 Å². The van der Waals surface area contributed by atoms with Crippen LogP contribution in [0.25, 0.3) is 0 Å². The van der Waals surface area contributed by atoms with Gasteiger partial charge in [0.1, 0.15) is 0 Å². The molecule has 2 saturated heterocycles. The first-order chi connectivity index (χ1) is 9.68. The zero-order valence-corrected chi connectivity index (χ0v) is 13.2. The van der Waals surface area contributed by atoms with Crippen LogP contribution < -0.4 is 5.32 Å². The Balaban J connectivity index is 1.72. The molecule has 4 heteroatoms. The van der Waals surface area contributed by atoms with Gasteiger partial charge >= 0.3 is 0 Å². The average Bonchev–Trinajstić information content (AvgIpc) is 2.53. The second-order valence-electron chi connectivity index (χ2n) is 6.48. The van der Waals surface area contributed by atoms with E-state index in [4.69, 9.17) is 0 Å². The summed E-state index contributed by atoms with van der Waals surface area (Å²) >= 11 is 0. The molecule has 2 atom stereocenters. The minimum atomic E-state index is 0.0247. The molecule has 0 spiro atoms. The molecule has 2 unspecified atom stereocenters. The van der Waals surface area contributed by atoms with Crippen LogP contribution in [-0.2, 0) is 4.79 Å². The number of likely N-dealkylation sites (N-methyl/N-ethyl adjacent to an activating group) is 1. The number of hydrogen-bond donors (Lipinski definition) is 1. The summed E-state index contributed by atoms with van der Waals surface area (Å²) in [7, 11) is 2.09. The van der Waals surface area contributed by atoms with Gasteiger partial charge in [-0.05, 0) is 59.0 Å². The summed E-state index contributed by atoms with van der Waals surface area (Å²) in [6, 6.07) is 0.681. The lowest BCUT2D eigenvalue weighted by Gasteiger charge is -2.33. The molecule has 116 valence electrons. The highest BCUT2D eigenvalue weighted by molar-refractivity contribution is 5.81. The maximum Gasteiger partial charge on any atom is 0.239 e. The quantitative estimate of drug-likeness (QED) is 0.835. The molecule has 2 heterocycles. The van der Waals surface area contributed by atoms with Gasteiger partial charge in [-0.25, -0.2) is 0 Å². The number of piperidine rings is 2. The second-order valence-corrected chi connectivity index (χ2v) is 6.48. The first-order valence-electron chi connectivity index (χ1n) is 8.41. The van der Waals surface area contributed by atoms with Gasteiger partial charge in [0.15, 0.2) is 0 Å². The summed E-state index contributed by atoms with van der Waals surface area (Å²) in [5.74, 6) is 0.323. The molecule has 0 aliphatic carbocycles. The van der Waals surface area contributed by atoms with Crippen molar-refractivity contribution in [3.8, 4) is 0 Å². The zero-order chi connectivity index (χ0) is 14.4. The van der Waals surface area contributed by atoms with Gasteiger partial charge in [-0.15, -0.1) is 0 Å². The van der Waals surface area contributed by atoms with Gasteiger partial charge in [0.25, 0.3) is 0 Å². The van der Waals surface area contributed by atoms with E-state index < -0.39 is 0 Å². The molecule has 2 aliphatic heterocycles. The van der Waals surface area contributed by atoms with Crippen molar-refractivity contribution in [2.24, 2.45) is 0 Å². The fourth-order valence-corrected chi connectivity index (χ4v) is 3.29. The van der Waals surface area contributed by atoms with E-state index in [0.717, 1.165) is 32.6 Å². The van der Waals surface area contributed by atoms with Crippen molar-refractivity contribution < 1.29 is 4.79 Å². The van der Waals surface area contributed by atoms with E-state index in [1.54, 1.807) is 0 Å². The monoisotopic (exact) mass is 281 g/mol. The molecular formula is C16H31N3O. The van der Waals surface area contributed by atoms with Gasteiger partial charge in [0.2, 0.25) is 5.91 Å². The highest BCUT2D eigenvalue weighted by atomic mass is 16.2. The Bertz CT molecular complexity index is 296. The summed E-state index contributed by atoms with van der Waals surface area (Å²) < 4.78 is 0. The van der Waals surface area contributed by atoms with Gasteiger partial charge in [0, 0.05) is 25.7 Å². The first kappa shape index (κ1) is 15.8. The van der Waals surface area contributed by atoms with E-state index in [2.05, 4.69) is 29.1 Å². The van der Waals surface area contributed by atoms with Gasteiger partial charge in [0.05, 0.1) is 6.04 Å². The van der Waals surface area contributed by atoms with Crippen LogP contribution in [0.5, 0.6) is 0 Å². The van der Waals surface area contributed by atoms with Crippen molar-refractivity contribution in [3.63, 3.8) is 0 Å². The third-order valence-electron chi connectivity index (χ3n) is 4.93. The molecule has 1 amide bonds. The smallest absolute Gasteiger partial charge is 0.239 e. The van der Waals surface area contributed by atoms with Crippen LogP contribution in [0, 0.1) is 0 Å². The lowest BCUT2D eigenvalue weighted by atomic mass is 10.0. The molecule has 0 radical (unpaired) electrons. The third kappa shape index (κ3) is 4.45. The Morgan fingerprint density at radius 1 is 1.25 bits per heavy atom. The van der Waals surface area contributed by atoms with E-state index in [1.165, 1.54) is 38.5 Å². The maximum atomic E-state index is 12.5. The summed E-state index contributed by atoms with van der Waals surface area (Å²) in [5.41, 5.74) is 0. The molecule has 1 N–H and O–H groups in total. The Hall–Kier alpha value is -0.610. The highest BCUT2D eigenvalue weighted by Gasteiger charge is 2.25. The maximum absolute atomic E-state index is 12.5. The molecule has 4 nitrogen and oxygen atoms in total. The molecule has 0 aromatic rings. The lowest BCUT2D eigenvalue weighted by Crippen LogP contribution is -2.48. The van der Waals surface area contributed by atoms with Crippen LogP contribution in [0.1, 0.15) is 51.9 Å². The zero-order valence-electron chi connectivity index (χ0n) is 13.2. The number of hydrogen-bond acceptors (Lipinski definition) is 3. The van der Waals surface area contributed by atoms with Crippen LogP contribution in [0.15, 0.2) is 0 Å². The SMILES string of the molecule is CC(C(=O)N1CCCCC1)N(C)CCC1CCCCN1. The van der Waals surface area contributed by atoms with Gasteiger partial charge in [-0.2, -0.15) is 0 Å². The van der Waals surface area contributed by atoms with E-state index in [1.807, 2.05) is 0 Å². The summed E-state index contributed by atoms with van der Waals surface area (Å²) in [6.07, 6.45) is 8.75. The predicted molar refractivity (Wildman–Crippen MR) is 82.8 cm³/mol. The molecule has 0 saturated carbocycles. The molecule has 2 rings (SSSR count). The van der Waals surface area contributed by atoms with Crippen LogP contribution in [0.3, 0.4) is 0 Å². The number of nitrogens with zero attached hydrogens (tertiary/aromatic N) is 2. The minimum Gasteiger partial charge on any atom is -0.341 e. The largest absolute Gasteiger partial charge is 0.341 e. The van der Waals surface area contributed by atoms with Gasteiger partial charge in [-0.1, -0.05) is 6.42 Å². The van der Waals surface area contributed by atoms with E-state index in [0.29, 0.717) is 11.9 Å². The molecule has 0 bridgehead atoms. The third-order valence-corrected chi connectivity index (χ3v) is 4.93. The number of carbonyl (C=O) groups excluding carboxylic acids is 1. The fraction of sp³-hybridized carbons (Fsp3) is 0.938. The van der Waals surface area contributed by atoms with Gasteiger partial charge < -0.3 is 10.2 Å². The van der Waals surface area contributed by atoms with Crippen LogP contribution in [0.4, 0.5) is 0 Å². The average molecular weight is 281 g/mol. The van der Waals surface area contributed by atoms with Crippen molar-refractivity contribution in [1.29, 1.82) is 0 Å². The topological polar surface area (TPSA) is 35.6 Å². The second kappa shape index (κ2) is 7.99. The predicted octanol–water partition coefficient (Wildman–Crippen LogP) is 1.85. The highest BCUT2D eigenvalue weighted by Crippen LogP contribution is 2.14. The number of carbonyl (C=O) groups is 1. The fourth-order valence-electron chi connectivity index (χ4n) is 3.29. The van der Waals surface area contributed by atoms with Crippen LogP contribution in [-0.4, -0.2) is 61.0 Å². The Morgan fingerprint density at radius 3 is 2.65 bits per heavy atom. The molecule has 0 aromatic carbocycles. The van der Waals surface area contributed by atoms with Gasteiger partial charge in [-0.3, -0.25) is 9.69 Å². The molecule has 2 aliphatic rings. The molecular weight excluding hydrogens is 250 g/mol. The Labute approximate surface area is 123 Å². The Kier molecular flexibility index (Phi) is 6.30. The van der Waals surface area contributed by atoms with E-state index in [9.17, 15) is 4.79 Å².